The summed E-state index contributed by atoms with van der Waals surface area (Å²) in [7, 11) is 0. The highest BCUT2D eigenvalue weighted by molar-refractivity contribution is 5.80. The van der Waals surface area contributed by atoms with E-state index in [0.29, 0.717) is 26.1 Å². The monoisotopic (exact) mass is 316 g/mol. The molecule has 1 aliphatic rings. The quantitative estimate of drug-likeness (QED) is 0.734. The number of nitrogens with one attached hydrogen (secondary N) is 1. The van der Waals surface area contributed by atoms with Gasteiger partial charge in [0.2, 0.25) is 5.91 Å². The average Bonchev–Trinajstić information content (AvgIpc) is 2.58. The molecule has 1 saturated heterocycles. The molecule has 0 spiro atoms. The Morgan fingerprint density at radius 1 is 1.14 bits per heavy atom. The lowest BCUT2D eigenvalue weighted by Crippen LogP contribution is -2.40. The molecule has 132 valence electrons. The molecule has 0 aromatic heterocycles. The van der Waals surface area contributed by atoms with E-state index in [1.165, 1.54) is 0 Å². The van der Waals surface area contributed by atoms with Crippen LogP contribution in [-0.2, 0) is 14.3 Å². The fourth-order valence-corrected chi connectivity index (χ4v) is 1.99. The molecule has 0 bridgehead atoms. The molecule has 5 nitrogen and oxygen atoms in total. The standard InChI is InChI=1S/C13H24N2O3.2C2H6/c1-3-12(17)10-14-6-9-18-13-4-7-15(8-5-13)11(2)16;2*1-2/h13-14H,3-10H2,1-2H3;2*1-2H3. The highest BCUT2D eigenvalue weighted by atomic mass is 16.5. The van der Waals surface area contributed by atoms with Gasteiger partial charge in [-0.15, -0.1) is 0 Å². The highest BCUT2D eigenvalue weighted by Gasteiger charge is 2.20. The first-order valence-corrected chi connectivity index (χ1v) is 8.73. The number of nitrogens with zero attached hydrogens (tertiary/aromatic N) is 1. The number of rotatable bonds is 7. The Kier molecular flexibility index (Phi) is 17.4. The molecule has 5 heteroatoms. The van der Waals surface area contributed by atoms with Crippen molar-refractivity contribution in [3.63, 3.8) is 0 Å². The maximum Gasteiger partial charge on any atom is 0.219 e. The van der Waals surface area contributed by atoms with E-state index in [0.717, 1.165) is 25.9 Å². The summed E-state index contributed by atoms with van der Waals surface area (Å²) < 4.78 is 5.71. The number of carbonyl (C=O) groups is 2. The van der Waals surface area contributed by atoms with Crippen molar-refractivity contribution in [1.82, 2.24) is 10.2 Å². The van der Waals surface area contributed by atoms with E-state index >= 15 is 0 Å². The Hall–Kier alpha value is -0.940. The van der Waals surface area contributed by atoms with Crippen LogP contribution in [0.25, 0.3) is 0 Å². The van der Waals surface area contributed by atoms with Gasteiger partial charge in [-0.3, -0.25) is 9.59 Å². The van der Waals surface area contributed by atoms with E-state index in [4.69, 9.17) is 4.74 Å². The Morgan fingerprint density at radius 3 is 2.14 bits per heavy atom. The second kappa shape index (κ2) is 16.4. The fourth-order valence-electron chi connectivity index (χ4n) is 1.99. The Bertz CT molecular complexity index is 275. The minimum atomic E-state index is 0.146. The third-order valence-electron chi connectivity index (χ3n) is 3.24. The molecular weight excluding hydrogens is 280 g/mol. The van der Waals surface area contributed by atoms with Crippen LogP contribution in [0.2, 0.25) is 0 Å². The van der Waals surface area contributed by atoms with Gasteiger partial charge >= 0.3 is 0 Å². The van der Waals surface area contributed by atoms with E-state index < -0.39 is 0 Å². The van der Waals surface area contributed by atoms with Crippen LogP contribution < -0.4 is 5.32 Å². The molecule has 0 aromatic carbocycles. The zero-order chi connectivity index (χ0) is 17.4. The van der Waals surface area contributed by atoms with Gasteiger partial charge in [-0.25, -0.2) is 0 Å². The number of amides is 1. The number of carbonyl (C=O) groups excluding carboxylic acids is 2. The van der Waals surface area contributed by atoms with Crippen molar-refractivity contribution in [1.29, 1.82) is 0 Å². The molecule has 0 atom stereocenters. The van der Waals surface area contributed by atoms with E-state index in [-0.39, 0.29) is 17.8 Å². The smallest absolute Gasteiger partial charge is 0.219 e. The first-order valence-electron chi connectivity index (χ1n) is 8.73. The summed E-state index contributed by atoms with van der Waals surface area (Å²) >= 11 is 0. The number of ether oxygens (including phenoxy) is 1. The summed E-state index contributed by atoms with van der Waals surface area (Å²) in [6, 6.07) is 0. The zero-order valence-electron chi connectivity index (χ0n) is 15.4. The second-order valence-electron chi connectivity index (χ2n) is 4.65. The van der Waals surface area contributed by atoms with Crippen molar-refractivity contribution in [3.05, 3.63) is 0 Å². The molecule has 0 radical (unpaired) electrons. The van der Waals surface area contributed by atoms with E-state index in [9.17, 15) is 9.59 Å². The van der Waals surface area contributed by atoms with Crippen molar-refractivity contribution in [2.45, 2.75) is 66.9 Å². The van der Waals surface area contributed by atoms with Crippen LogP contribution in [0, 0.1) is 0 Å². The van der Waals surface area contributed by atoms with Crippen molar-refractivity contribution in [3.8, 4) is 0 Å². The summed E-state index contributed by atoms with van der Waals surface area (Å²) in [5, 5.41) is 3.06. The van der Waals surface area contributed by atoms with Crippen LogP contribution in [-0.4, -0.2) is 55.5 Å². The first kappa shape index (κ1) is 23.3. The molecule has 22 heavy (non-hydrogen) atoms. The topological polar surface area (TPSA) is 58.6 Å². The highest BCUT2D eigenvalue weighted by Crippen LogP contribution is 2.13. The predicted molar refractivity (Wildman–Crippen MR) is 92.1 cm³/mol. The number of ketones is 1. The zero-order valence-corrected chi connectivity index (χ0v) is 15.4. The fraction of sp³-hybridized carbons (Fsp3) is 0.882. The third kappa shape index (κ3) is 11.7. The van der Waals surface area contributed by atoms with Gasteiger partial charge < -0.3 is 15.0 Å². The molecule has 1 amide bonds. The molecular formula is C17H36N2O3. The van der Waals surface area contributed by atoms with Crippen LogP contribution in [0.3, 0.4) is 0 Å². The maximum atomic E-state index is 11.1. The minimum Gasteiger partial charge on any atom is -0.377 e. The van der Waals surface area contributed by atoms with Gasteiger partial charge in [-0.1, -0.05) is 34.6 Å². The van der Waals surface area contributed by atoms with Gasteiger partial charge in [-0.2, -0.15) is 0 Å². The Morgan fingerprint density at radius 2 is 1.68 bits per heavy atom. The second-order valence-corrected chi connectivity index (χ2v) is 4.65. The van der Waals surface area contributed by atoms with E-state index in [1.54, 1.807) is 6.92 Å². The molecule has 1 rings (SSSR count). The Balaban J connectivity index is 0. The van der Waals surface area contributed by atoms with Gasteiger partial charge in [0.1, 0.15) is 5.78 Å². The summed E-state index contributed by atoms with van der Waals surface area (Å²) in [5.74, 6) is 0.373. The SMILES string of the molecule is CC.CC.CCC(=O)CNCCOC1CCN(C(C)=O)CC1. The van der Waals surface area contributed by atoms with Crippen LogP contribution >= 0.6 is 0 Å². The van der Waals surface area contributed by atoms with E-state index in [2.05, 4.69) is 5.32 Å². The summed E-state index contributed by atoms with van der Waals surface area (Å²) in [5.41, 5.74) is 0. The molecule has 0 aliphatic carbocycles. The van der Waals surface area contributed by atoms with Gasteiger partial charge in [0.15, 0.2) is 0 Å². The third-order valence-corrected chi connectivity index (χ3v) is 3.24. The van der Waals surface area contributed by atoms with Gasteiger partial charge in [0, 0.05) is 33.0 Å². The predicted octanol–water partition coefficient (Wildman–Crippen LogP) is 2.64. The Labute approximate surface area is 136 Å². The number of hydrogen-bond acceptors (Lipinski definition) is 4. The average molecular weight is 316 g/mol. The van der Waals surface area contributed by atoms with Crippen LogP contribution in [0.4, 0.5) is 0 Å². The van der Waals surface area contributed by atoms with Crippen LogP contribution in [0.5, 0.6) is 0 Å². The van der Waals surface area contributed by atoms with Gasteiger partial charge in [0.25, 0.3) is 0 Å². The summed E-state index contributed by atoms with van der Waals surface area (Å²) in [6.45, 7) is 14.8. The summed E-state index contributed by atoms with van der Waals surface area (Å²) in [6.07, 6.45) is 2.66. The van der Waals surface area contributed by atoms with Crippen molar-refractivity contribution in [2.75, 3.05) is 32.8 Å². The van der Waals surface area contributed by atoms with Crippen molar-refractivity contribution in [2.24, 2.45) is 0 Å². The number of likely N-dealkylation sites (tertiary alicyclic amines) is 1. The van der Waals surface area contributed by atoms with Gasteiger partial charge in [-0.05, 0) is 12.8 Å². The minimum absolute atomic E-state index is 0.146. The molecule has 1 N–H and O–H groups in total. The molecule has 0 saturated carbocycles. The normalized spacial score (nSPS) is 14.4. The summed E-state index contributed by atoms with van der Waals surface area (Å²) in [4.78, 5) is 24.0. The molecule has 1 heterocycles. The molecule has 1 aliphatic heterocycles. The van der Waals surface area contributed by atoms with E-state index in [1.807, 2.05) is 39.5 Å². The number of Topliss-reactive ketones (excluding diaryl/α,β-unsaturated/α-hetero) is 1. The number of hydrogen-bond donors (Lipinski definition) is 1. The van der Waals surface area contributed by atoms with Crippen LogP contribution in [0.15, 0.2) is 0 Å². The largest absolute Gasteiger partial charge is 0.377 e. The van der Waals surface area contributed by atoms with Gasteiger partial charge in [0.05, 0.1) is 19.3 Å². The lowest BCUT2D eigenvalue weighted by Gasteiger charge is -2.31. The lowest BCUT2D eigenvalue weighted by atomic mass is 10.1. The molecule has 0 unspecified atom stereocenters. The molecule has 1 fully saturated rings. The lowest BCUT2D eigenvalue weighted by molar-refractivity contribution is -0.131. The van der Waals surface area contributed by atoms with Crippen molar-refractivity contribution >= 4 is 11.7 Å². The molecule has 0 aromatic rings. The van der Waals surface area contributed by atoms with Crippen molar-refractivity contribution < 1.29 is 14.3 Å². The first-order chi connectivity index (χ1) is 10.6. The number of piperidine rings is 1. The van der Waals surface area contributed by atoms with Crippen LogP contribution in [0.1, 0.15) is 60.8 Å². The maximum absolute atomic E-state index is 11.1.